The number of benzene rings is 1. The number of likely N-dealkylation sites (N-methyl/N-ethyl adjacent to an activating group) is 1. The molecular formula is C15H15Br2FN2. The highest BCUT2D eigenvalue weighted by atomic mass is 79.9. The van der Waals surface area contributed by atoms with Crippen LogP contribution in [0.3, 0.4) is 0 Å². The second-order valence-electron chi connectivity index (χ2n) is 4.46. The standard InChI is InChI=1S/C15H15Br2FN2/c1-2-19-14(7-10-4-3-5-12(18)6-10)15-13(17)8-11(16)9-20-15/h3-6,8-9,14,19H,2,7H2,1H3. The summed E-state index contributed by atoms with van der Waals surface area (Å²) in [7, 11) is 0. The molecule has 0 aliphatic heterocycles. The van der Waals surface area contributed by atoms with Crippen molar-refractivity contribution in [2.24, 2.45) is 0 Å². The molecule has 1 N–H and O–H groups in total. The summed E-state index contributed by atoms with van der Waals surface area (Å²) in [4.78, 5) is 4.47. The van der Waals surface area contributed by atoms with Crippen LogP contribution in [0.2, 0.25) is 0 Å². The summed E-state index contributed by atoms with van der Waals surface area (Å²) in [5.41, 5.74) is 1.88. The molecular weight excluding hydrogens is 387 g/mol. The van der Waals surface area contributed by atoms with Crippen molar-refractivity contribution in [2.75, 3.05) is 6.54 Å². The third-order valence-corrected chi connectivity index (χ3v) is 4.01. The van der Waals surface area contributed by atoms with Crippen molar-refractivity contribution in [1.82, 2.24) is 10.3 Å². The molecule has 1 unspecified atom stereocenters. The second-order valence-corrected chi connectivity index (χ2v) is 6.23. The topological polar surface area (TPSA) is 24.9 Å². The molecule has 2 rings (SSSR count). The molecule has 5 heteroatoms. The summed E-state index contributed by atoms with van der Waals surface area (Å²) >= 11 is 6.94. The molecule has 1 aromatic carbocycles. The van der Waals surface area contributed by atoms with E-state index >= 15 is 0 Å². The van der Waals surface area contributed by atoms with Crippen molar-refractivity contribution in [2.45, 2.75) is 19.4 Å². The number of nitrogens with one attached hydrogen (secondary N) is 1. The zero-order valence-corrected chi connectivity index (χ0v) is 14.2. The van der Waals surface area contributed by atoms with Gasteiger partial charge < -0.3 is 5.32 Å². The van der Waals surface area contributed by atoms with Gasteiger partial charge in [-0.15, -0.1) is 0 Å². The first-order chi connectivity index (χ1) is 9.60. The highest BCUT2D eigenvalue weighted by Crippen LogP contribution is 2.27. The highest BCUT2D eigenvalue weighted by molar-refractivity contribution is 9.11. The zero-order chi connectivity index (χ0) is 14.5. The van der Waals surface area contributed by atoms with Crippen LogP contribution in [0.25, 0.3) is 0 Å². The molecule has 0 aliphatic carbocycles. The van der Waals surface area contributed by atoms with Crippen LogP contribution in [-0.2, 0) is 6.42 Å². The quantitative estimate of drug-likeness (QED) is 0.789. The minimum atomic E-state index is -0.208. The highest BCUT2D eigenvalue weighted by Gasteiger charge is 2.16. The van der Waals surface area contributed by atoms with E-state index in [4.69, 9.17) is 0 Å². The fraction of sp³-hybridized carbons (Fsp3) is 0.267. The zero-order valence-electron chi connectivity index (χ0n) is 11.0. The van der Waals surface area contributed by atoms with Gasteiger partial charge in [0.05, 0.1) is 11.7 Å². The summed E-state index contributed by atoms with van der Waals surface area (Å²) in [6.07, 6.45) is 2.47. The Labute approximate surface area is 135 Å². The lowest BCUT2D eigenvalue weighted by atomic mass is 10.0. The molecule has 0 aliphatic rings. The smallest absolute Gasteiger partial charge is 0.123 e. The molecule has 0 amide bonds. The number of aromatic nitrogens is 1. The van der Waals surface area contributed by atoms with Gasteiger partial charge in [-0.3, -0.25) is 4.98 Å². The maximum atomic E-state index is 13.3. The summed E-state index contributed by atoms with van der Waals surface area (Å²) in [6, 6.07) is 8.71. The predicted octanol–water partition coefficient (Wildman–Crippen LogP) is 4.64. The average Bonchev–Trinajstić information content (AvgIpc) is 2.38. The van der Waals surface area contributed by atoms with Gasteiger partial charge in [0.15, 0.2) is 0 Å². The van der Waals surface area contributed by atoms with Gasteiger partial charge in [-0.2, -0.15) is 0 Å². The van der Waals surface area contributed by atoms with Gasteiger partial charge in [0.25, 0.3) is 0 Å². The van der Waals surface area contributed by atoms with Crippen molar-refractivity contribution in [3.63, 3.8) is 0 Å². The third kappa shape index (κ3) is 4.11. The summed E-state index contributed by atoms with van der Waals surface area (Å²) < 4.78 is 15.2. The Kier molecular flexibility index (Phi) is 5.69. The van der Waals surface area contributed by atoms with Crippen LogP contribution in [0.5, 0.6) is 0 Å². The number of halogens is 3. The molecule has 0 bridgehead atoms. The van der Waals surface area contributed by atoms with Crippen molar-refractivity contribution in [3.05, 3.63) is 62.5 Å². The van der Waals surface area contributed by atoms with Crippen LogP contribution < -0.4 is 5.32 Å². The Balaban J connectivity index is 2.26. The average molecular weight is 402 g/mol. The normalized spacial score (nSPS) is 12.4. The van der Waals surface area contributed by atoms with E-state index in [1.807, 2.05) is 19.1 Å². The summed E-state index contributed by atoms with van der Waals surface area (Å²) in [5.74, 6) is -0.208. The van der Waals surface area contributed by atoms with Gasteiger partial charge >= 0.3 is 0 Å². The monoisotopic (exact) mass is 400 g/mol. The van der Waals surface area contributed by atoms with Crippen LogP contribution in [0.15, 0.2) is 45.5 Å². The molecule has 106 valence electrons. The van der Waals surface area contributed by atoms with E-state index in [0.29, 0.717) is 6.42 Å². The number of pyridine rings is 1. The van der Waals surface area contributed by atoms with Crippen LogP contribution >= 0.6 is 31.9 Å². The molecule has 0 saturated carbocycles. The van der Waals surface area contributed by atoms with Gasteiger partial charge in [-0.25, -0.2) is 4.39 Å². The molecule has 20 heavy (non-hydrogen) atoms. The molecule has 0 saturated heterocycles. The maximum Gasteiger partial charge on any atom is 0.123 e. The van der Waals surface area contributed by atoms with E-state index in [1.54, 1.807) is 18.3 Å². The van der Waals surface area contributed by atoms with Gasteiger partial charge in [0.1, 0.15) is 5.82 Å². The van der Waals surface area contributed by atoms with Crippen LogP contribution in [0.4, 0.5) is 4.39 Å². The summed E-state index contributed by atoms with van der Waals surface area (Å²) in [5, 5.41) is 3.40. The van der Waals surface area contributed by atoms with E-state index in [2.05, 4.69) is 42.2 Å². The Morgan fingerprint density at radius 1 is 1.30 bits per heavy atom. The van der Waals surface area contributed by atoms with Crippen LogP contribution in [0, 0.1) is 5.82 Å². The fourth-order valence-electron chi connectivity index (χ4n) is 2.09. The molecule has 1 aromatic heterocycles. The minimum Gasteiger partial charge on any atom is -0.309 e. The Morgan fingerprint density at radius 2 is 2.10 bits per heavy atom. The fourth-order valence-corrected chi connectivity index (χ4v) is 3.36. The molecule has 1 atom stereocenters. The second kappa shape index (κ2) is 7.29. The molecule has 1 heterocycles. The van der Waals surface area contributed by atoms with E-state index < -0.39 is 0 Å². The van der Waals surface area contributed by atoms with E-state index in [9.17, 15) is 4.39 Å². The van der Waals surface area contributed by atoms with E-state index in [1.165, 1.54) is 6.07 Å². The Morgan fingerprint density at radius 3 is 2.75 bits per heavy atom. The van der Waals surface area contributed by atoms with Gasteiger partial charge in [-0.05, 0) is 68.6 Å². The van der Waals surface area contributed by atoms with Crippen molar-refractivity contribution < 1.29 is 4.39 Å². The lowest BCUT2D eigenvalue weighted by molar-refractivity contribution is 0.532. The van der Waals surface area contributed by atoms with Crippen LogP contribution in [0.1, 0.15) is 24.2 Å². The summed E-state index contributed by atoms with van der Waals surface area (Å²) in [6.45, 7) is 2.87. The van der Waals surface area contributed by atoms with Crippen LogP contribution in [-0.4, -0.2) is 11.5 Å². The van der Waals surface area contributed by atoms with E-state index in [0.717, 1.165) is 26.7 Å². The lowest BCUT2D eigenvalue weighted by Gasteiger charge is -2.19. The van der Waals surface area contributed by atoms with Crippen molar-refractivity contribution in [1.29, 1.82) is 0 Å². The molecule has 0 radical (unpaired) electrons. The number of rotatable bonds is 5. The van der Waals surface area contributed by atoms with Crippen molar-refractivity contribution in [3.8, 4) is 0 Å². The molecule has 0 fully saturated rings. The maximum absolute atomic E-state index is 13.3. The minimum absolute atomic E-state index is 0.0456. The first-order valence-corrected chi connectivity index (χ1v) is 7.97. The SMILES string of the molecule is CCNC(Cc1cccc(F)c1)c1ncc(Br)cc1Br. The molecule has 0 spiro atoms. The number of hydrogen-bond donors (Lipinski definition) is 1. The lowest BCUT2D eigenvalue weighted by Crippen LogP contribution is -2.24. The largest absolute Gasteiger partial charge is 0.309 e. The van der Waals surface area contributed by atoms with Gasteiger partial charge in [0.2, 0.25) is 0 Å². The van der Waals surface area contributed by atoms with Gasteiger partial charge in [0, 0.05) is 15.1 Å². The van der Waals surface area contributed by atoms with E-state index in [-0.39, 0.29) is 11.9 Å². The molecule has 2 aromatic rings. The Hall–Kier alpha value is -0.780. The Bertz CT molecular complexity index is 590. The number of nitrogens with zero attached hydrogens (tertiary/aromatic N) is 1. The predicted molar refractivity (Wildman–Crippen MR) is 86.2 cm³/mol. The van der Waals surface area contributed by atoms with Gasteiger partial charge in [-0.1, -0.05) is 19.1 Å². The first kappa shape index (κ1) is 15.6. The first-order valence-electron chi connectivity index (χ1n) is 6.39. The third-order valence-electron chi connectivity index (χ3n) is 2.95. The van der Waals surface area contributed by atoms with Crippen molar-refractivity contribution >= 4 is 31.9 Å². The number of hydrogen-bond acceptors (Lipinski definition) is 2. The molecule has 2 nitrogen and oxygen atoms in total.